The Hall–Kier alpha value is -4.15. The fourth-order valence-electron chi connectivity index (χ4n) is 7.56. The van der Waals surface area contributed by atoms with Gasteiger partial charge in [0, 0.05) is 37.9 Å². The maximum atomic E-state index is 6.41. The normalized spacial score (nSPS) is 13.5. The van der Waals surface area contributed by atoms with Crippen molar-refractivity contribution < 1.29 is 24.5 Å². The number of aromatic nitrogens is 2. The van der Waals surface area contributed by atoms with Crippen LogP contribution in [0.15, 0.2) is 120 Å². The molecule has 1 aliphatic rings. The number of benzene rings is 4. The Morgan fingerprint density at radius 1 is 0.808 bits per heavy atom. The summed E-state index contributed by atoms with van der Waals surface area (Å²) in [6, 6.07) is 42.5. The van der Waals surface area contributed by atoms with Crippen molar-refractivity contribution in [2.45, 2.75) is 77.9 Å². The van der Waals surface area contributed by atoms with Gasteiger partial charge in [-0.15, -0.1) is 48.0 Å². The van der Waals surface area contributed by atoms with Gasteiger partial charge in [-0.3, -0.25) is 0 Å². The summed E-state index contributed by atoms with van der Waals surface area (Å²) in [5, 5.41) is 3.77. The number of pyridine rings is 2. The Balaban J connectivity index is 0.000000193. The third-order valence-electron chi connectivity index (χ3n) is 10.1. The van der Waals surface area contributed by atoms with Crippen molar-refractivity contribution in [3.05, 3.63) is 139 Å². The first-order valence-electron chi connectivity index (χ1n) is 18.6. The molecule has 52 heavy (non-hydrogen) atoms. The zero-order valence-electron chi connectivity index (χ0n) is 31.0. The summed E-state index contributed by atoms with van der Waals surface area (Å²) < 4.78 is 6.41. The first-order valence-corrected chi connectivity index (χ1v) is 22.1. The standard InChI is InChI=1S/C29H24NO.C18H24NSi.Ir/c1-3-9-20(10-4-1)22-17-18-30-26(19-22)24-16-15-23(21-11-5-2-6-12-21)28-25-13-7-8-14-27(25)31-29(24)28;1-14(2)11-16-12-17(15-9-7-6-8-10-15)19-13-18(16)20(3,4)5;/h2,5-8,11-15,17-20H,1,3-4,9-10H2;6-9,12-14H,11H2,1-5H3;/q2*-1;. The van der Waals surface area contributed by atoms with Crippen LogP contribution in [0.2, 0.25) is 19.6 Å². The smallest absolute Gasteiger partial charge is 0.120 e. The summed E-state index contributed by atoms with van der Waals surface area (Å²) in [7, 11) is -1.34. The van der Waals surface area contributed by atoms with Gasteiger partial charge in [0.1, 0.15) is 5.58 Å². The van der Waals surface area contributed by atoms with Gasteiger partial charge in [-0.05, 0) is 65.2 Å². The Morgan fingerprint density at radius 3 is 2.29 bits per heavy atom. The molecule has 0 amide bonds. The van der Waals surface area contributed by atoms with Crippen molar-refractivity contribution in [2.75, 3.05) is 0 Å². The van der Waals surface area contributed by atoms with Crippen molar-refractivity contribution >= 4 is 35.2 Å². The molecule has 0 saturated heterocycles. The van der Waals surface area contributed by atoms with Gasteiger partial charge in [-0.1, -0.05) is 141 Å². The fraction of sp³-hybridized carbons (Fsp3) is 0.277. The number of furan rings is 1. The molecule has 1 saturated carbocycles. The van der Waals surface area contributed by atoms with Crippen LogP contribution in [0.3, 0.4) is 0 Å². The molecule has 0 aliphatic heterocycles. The largest absolute Gasteiger partial charge is 0.501 e. The summed E-state index contributed by atoms with van der Waals surface area (Å²) in [6.45, 7) is 11.7. The van der Waals surface area contributed by atoms with E-state index in [1.807, 2.05) is 42.6 Å². The van der Waals surface area contributed by atoms with Gasteiger partial charge in [0.2, 0.25) is 0 Å². The van der Waals surface area contributed by atoms with Gasteiger partial charge in [0.25, 0.3) is 0 Å². The van der Waals surface area contributed by atoms with E-state index in [1.54, 1.807) is 0 Å². The molecule has 7 aromatic rings. The molecular formula is C47H48IrN2OSi-2. The van der Waals surface area contributed by atoms with E-state index in [4.69, 9.17) is 9.40 Å². The third kappa shape index (κ3) is 8.39. The van der Waals surface area contributed by atoms with Crippen molar-refractivity contribution in [3.63, 3.8) is 0 Å². The summed E-state index contributed by atoms with van der Waals surface area (Å²) in [5.74, 6) is 1.31. The molecule has 0 unspecified atom stereocenters. The van der Waals surface area contributed by atoms with Gasteiger partial charge < -0.3 is 14.4 Å². The predicted octanol–water partition coefficient (Wildman–Crippen LogP) is 12.5. The summed E-state index contributed by atoms with van der Waals surface area (Å²) in [5.41, 5.74) is 11.0. The molecule has 1 radical (unpaired) electrons. The van der Waals surface area contributed by atoms with Gasteiger partial charge in [0.15, 0.2) is 0 Å². The maximum absolute atomic E-state index is 6.41. The molecular weight excluding hydrogens is 829 g/mol. The van der Waals surface area contributed by atoms with Crippen molar-refractivity contribution in [2.24, 2.45) is 5.92 Å². The Labute approximate surface area is 324 Å². The molecule has 5 heteroatoms. The van der Waals surface area contributed by atoms with E-state index in [2.05, 4.69) is 124 Å². The van der Waals surface area contributed by atoms with Crippen LogP contribution in [0.1, 0.15) is 63.0 Å². The van der Waals surface area contributed by atoms with Crippen LogP contribution >= 0.6 is 0 Å². The topological polar surface area (TPSA) is 38.9 Å². The molecule has 8 rings (SSSR count). The molecule has 0 N–H and O–H groups in total. The number of rotatable bonds is 7. The second-order valence-electron chi connectivity index (χ2n) is 15.4. The van der Waals surface area contributed by atoms with Crippen LogP contribution < -0.4 is 5.19 Å². The predicted molar refractivity (Wildman–Crippen MR) is 217 cm³/mol. The summed E-state index contributed by atoms with van der Waals surface area (Å²) in [6.07, 6.45) is 11.8. The van der Waals surface area contributed by atoms with Gasteiger partial charge >= 0.3 is 0 Å². The molecule has 0 bridgehead atoms. The molecule has 1 aliphatic carbocycles. The monoisotopic (exact) mass is 877 g/mol. The zero-order valence-corrected chi connectivity index (χ0v) is 34.4. The Morgan fingerprint density at radius 2 is 1.56 bits per heavy atom. The Bertz CT molecular complexity index is 2230. The summed E-state index contributed by atoms with van der Waals surface area (Å²) in [4.78, 5) is 9.42. The zero-order chi connectivity index (χ0) is 35.4. The number of para-hydroxylation sites is 1. The van der Waals surface area contributed by atoms with Crippen LogP contribution in [0, 0.1) is 18.1 Å². The second-order valence-corrected chi connectivity index (χ2v) is 20.4. The van der Waals surface area contributed by atoms with Gasteiger partial charge in [-0.25, -0.2) is 0 Å². The van der Waals surface area contributed by atoms with Crippen LogP contribution in [-0.4, -0.2) is 18.0 Å². The number of nitrogens with zero attached hydrogens (tertiary/aromatic N) is 2. The maximum Gasteiger partial charge on any atom is 0.120 e. The van der Waals surface area contributed by atoms with E-state index < -0.39 is 8.07 Å². The quantitative estimate of drug-likeness (QED) is 0.118. The molecule has 3 nitrogen and oxygen atoms in total. The Kier molecular flexibility index (Phi) is 12.1. The third-order valence-corrected chi connectivity index (χ3v) is 12.1. The first-order chi connectivity index (χ1) is 24.8. The van der Waals surface area contributed by atoms with Crippen molar-refractivity contribution in [3.8, 4) is 33.6 Å². The van der Waals surface area contributed by atoms with E-state index in [0.717, 1.165) is 56.4 Å². The molecule has 4 aromatic carbocycles. The van der Waals surface area contributed by atoms with Crippen LogP contribution in [0.5, 0.6) is 0 Å². The van der Waals surface area contributed by atoms with Crippen LogP contribution in [-0.2, 0) is 26.5 Å². The average molecular weight is 877 g/mol. The summed E-state index contributed by atoms with van der Waals surface area (Å²) >= 11 is 0. The molecule has 0 atom stereocenters. The minimum absolute atomic E-state index is 0. The van der Waals surface area contributed by atoms with E-state index in [0.29, 0.717) is 11.8 Å². The van der Waals surface area contributed by atoms with Gasteiger partial charge in [0.05, 0.1) is 13.7 Å². The molecule has 267 valence electrons. The van der Waals surface area contributed by atoms with E-state index in [1.165, 1.54) is 54.0 Å². The van der Waals surface area contributed by atoms with Gasteiger partial charge in [-0.2, -0.15) is 0 Å². The first kappa shape index (κ1) is 37.6. The van der Waals surface area contributed by atoms with Crippen LogP contribution in [0.4, 0.5) is 0 Å². The number of hydrogen-bond acceptors (Lipinski definition) is 3. The van der Waals surface area contributed by atoms with E-state index >= 15 is 0 Å². The molecule has 3 heterocycles. The second kappa shape index (κ2) is 16.7. The molecule has 1 fully saturated rings. The minimum atomic E-state index is -1.34. The SMILES string of the molecule is CC(C)Cc1cc(-c2[c-]cccc2)ncc1[Si](C)(C)C.[Ir].[c-]1cc(-c2ccccc2)c2c(oc3ccccc32)c1-c1cc(C2CCCCC2)ccn1. The fourth-order valence-corrected chi connectivity index (χ4v) is 9.15. The molecule has 0 spiro atoms. The number of fused-ring (bicyclic) bond motifs is 3. The van der Waals surface area contributed by atoms with Crippen LogP contribution in [0.25, 0.3) is 55.6 Å². The average Bonchev–Trinajstić information content (AvgIpc) is 3.55. The molecule has 3 aromatic heterocycles. The van der Waals surface area contributed by atoms with E-state index in [-0.39, 0.29) is 20.1 Å². The number of hydrogen-bond donors (Lipinski definition) is 0. The minimum Gasteiger partial charge on any atom is -0.501 e. The van der Waals surface area contributed by atoms with E-state index in [9.17, 15) is 0 Å². The van der Waals surface area contributed by atoms with Crippen molar-refractivity contribution in [1.29, 1.82) is 0 Å². The van der Waals surface area contributed by atoms with Crippen molar-refractivity contribution in [1.82, 2.24) is 9.97 Å².